The van der Waals surface area contributed by atoms with Gasteiger partial charge in [0.15, 0.2) is 11.8 Å². The molecule has 1 amide bonds. The Labute approximate surface area is 176 Å². The predicted molar refractivity (Wildman–Crippen MR) is 110 cm³/mol. The number of rotatable bonds is 3. The van der Waals surface area contributed by atoms with Crippen LogP contribution in [-0.2, 0) is 10.3 Å². The van der Waals surface area contributed by atoms with Gasteiger partial charge < -0.3 is 10.6 Å². The normalized spacial score (nSPS) is 25.9. The van der Waals surface area contributed by atoms with E-state index in [4.69, 9.17) is 10.7 Å². The highest BCUT2D eigenvalue weighted by Gasteiger charge is 2.56. The van der Waals surface area contributed by atoms with Crippen molar-refractivity contribution >= 4 is 29.2 Å². The number of carbonyl (C=O) groups is 1. The SMILES string of the molecule is Cc1nc(N2C[C@H]3C(=O)N(C)C(N)=N[C@@]3(c3cc(C#N)cs3)C2)nc(C2CC2)c1F. The van der Waals surface area contributed by atoms with Gasteiger partial charge in [0.05, 0.1) is 29.4 Å². The van der Waals surface area contributed by atoms with Crippen LogP contribution in [0.25, 0.3) is 0 Å². The van der Waals surface area contributed by atoms with Crippen molar-refractivity contribution in [2.24, 2.45) is 16.6 Å². The number of amides is 1. The molecule has 2 aromatic heterocycles. The standard InChI is InChI=1S/C20H20FN7OS/c1-10-15(21)16(12-3-4-12)25-19(24-10)28-7-13-17(29)27(2)18(23)26-20(13,9-28)14-5-11(6-22)8-30-14/h5,8,12-13H,3-4,7,9H2,1-2H3,(H2,23,26)/t13-,20-/m0/s1. The van der Waals surface area contributed by atoms with Crippen molar-refractivity contribution in [1.29, 1.82) is 5.26 Å². The highest BCUT2D eigenvalue weighted by atomic mass is 32.1. The first-order chi connectivity index (χ1) is 14.3. The smallest absolute Gasteiger partial charge is 0.236 e. The number of nitrogens with two attached hydrogens (primary N) is 1. The third kappa shape index (κ3) is 2.69. The van der Waals surface area contributed by atoms with E-state index in [1.807, 2.05) is 4.90 Å². The van der Waals surface area contributed by atoms with Gasteiger partial charge in [-0.2, -0.15) is 5.26 Å². The lowest BCUT2D eigenvalue weighted by atomic mass is 9.83. The fourth-order valence-corrected chi connectivity index (χ4v) is 5.30. The van der Waals surface area contributed by atoms with Crippen molar-refractivity contribution < 1.29 is 9.18 Å². The molecule has 3 aliphatic rings. The van der Waals surface area contributed by atoms with Gasteiger partial charge in [-0.25, -0.2) is 19.4 Å². The lowest BCUT2D eigenvalue weighted by Crippen LogP contribution is -2.54. The number of hydrogen-bond acceptors (Lipinski definition) is 8. The number of halogens is 1. The molecule has 2 aromatic rings. The second kappa shape index (κ2) is 6.47. The summed E-state index contributed by atoms with van der Waals surface area (Å²) in [6.07, 6.45) is 1.85. The van der Waals surface area contributed by atoms with Crippen LogP contribution in [-0.4, -0.2) is 46.9 Å². The second-order valence-corrected chi connectivity index (χ2v) is 9.03. The van der Waals surface area contributed by atoms with E-state index in [0.717, 1.165) is 17.7 Å². The van der Waals surface area contributed by atoms with Gasteiger partial charge in [0, 0.05) is 29.8 Å². The Morgan fingerprint density at radius 3 is 2.83 bits per heavy atom. The number of nitrogens with zero attached hydrogens (tertiary/aromatic N) is 6. The Balaban J connectivity index is 1.61. The molecule has 8 nitrogen and oxygen atoms in total. The van der Waals surface area contributed by atoms with Crippen LogP contribution >= 0.6 is 11.3 Å². The summed E-state index contributed by atoms with van der Waals surface area (Å²) in [6.45, 7) is 2.31. The molecule has 10 heteroatoms. The Bertz CT molecular complexity index is 1130. The van der Waals surface area contributed by atoms with Gasteiger partial charge in [0.1, 0.15) is 11.6 Å². The van der Waals surface area contributed by atoms with E-state index in [1.165, 1.54) is 16.2 Å². The number of thiophene rings is 1. The van der Waals surface area contributed by atoms with E-state index in [9.17, 15) is 14.4 Å². The molecule has 1 aliphatic carbocycles. The number of nitriles is 1. The summed E-state index contributed by atoms with van der Waals surface area (Å²) in [5.74, 6) is -0.300. The second-order valence-electron chi connectivity index (χ2n) is 8.12. The minimum atomic E-state index is -0.918. The van der Waals surface area contributed by atoms with Crippen molar-refractivity contribution in [3.05, 3.63) is 39.1 Å². The van der Waals surface area contributed by atoms with E-state index in [-0.39, 0.29) is 23.6 Å². The first kappa shape index (κ1) is 18.9. The van der Waals surface area contributed by atoms with Crippen LogP contribution in [0, 0.1) is 30.0 Å². The van der Waals surface area contributed by atoms with Crippen LogP contribution in [0.5, 0.6) is 0 Å². The Kier molecular flexibility index (Phi) is 4.08. The number of aliphatic imine (C=N–C) groups is 1. The first-order valence-electron chi connectivity index (χ1n) is 9.75. The third-order valence-corrected chi connectivity index (χ3v) is 7.23. The van der Waals surface area contributed by atoms with E-state index in [0.29, 0.717) is 36.0 Å². The number of carbonyl (C=O) groups excluding carboxylic acids is 1. The van der Waals surface area contributed by atoms with E-state index in [1.54, 1.807) is 25.4 Å². The number of aromatic nitrogens is 2. The fourth-order valence-electron chi connectivity index (χ4n) is 4.27. The van der Waals surface area contributed by atoms with Crippen molar-refractivity contribution in [3.8, 4) is 6.07 Å². The summed E-state index contributed by atoms with van der Waals surface area (Å²) in [7, 11) is 1.60. The van der Waals surface area contributed by atoms with Crippen LogP contribution in [0.1, 0.15) is 40.6 Å². The number of fused-ring (bicyclic) bond motifs is 1. The molecule has 0 radical (unpaired) electrons. The maximum absolute atomic E-state index is 14.5. The highest BCUT2D eigenvalue weighted by Crippen LogP contribution is 2.47. The molecule has 0 aromatic carbocycles. The average molecular weight is 425 g/mol. The maximum Gasteiger partial charge on any atom is 0.236 e. The number of anilines is 1. The van der Waals surface area contributed by atoms with Crippen LogP contribution in [0.3, 0.4) is 0 Å². The minimum absolute atomic E-state index is 0.139. The summed E-state index contributed by atoms with van der Waals surface area (Å²) >= 11 is 1.39. The number of guanidine groups is 1. The van der Waals surface area contributed by atoms with Gasteiger partial charge in [0.2, 0.25) is 11.9 Å². The van der Waals surface area contributed by atoms with Gasteiger partial charge in [-0.05, 0) is 25.8 Å². The van der Waals surface area contributed by atoms with Crippen LogP contribution in [0.4, 0.5) is 10.3 Å². The quantitative estimate of drug-likeness (QED) is 0.803. The molecule has 2 aliphatic heterocycles. The summed E-state index contributed by atoms with van der Waals surface area (Å²) < 4.78 is 14.5. The number of hydrogen-bond donors (Lipinski definition) is 1. The molecule has 2 N–H and O–H groups in total. The largest absolute Gasteiger partial charge is 0.369 e. The Hall–Kier alpha value is -3.06. The zero-order chi connectivity index (χ0) is 21.2. The fraction of sp³-hybridized carbons (Fsp3) is 0.450. The van der Waals surface area contributed by atoms with Crippen LogP contribution < -0.4 is 10.6 Å². The van der Waals surface area contributed by atoms with Crippen LogP contribution in [0.15, 0.2) is 16.4 Å². The lowest BCUT2D eigenvalue weighted by Gasteiger charge is -2.36. The van der Waals surface area contributed by atoms with Crippen LogP contribution in [0.2, 0.25) is 0 Å². The minimum Gasteiger partial charge on any atom is -0.369 e. The Morgan fingerprint density at radius 1 is 1.40 bits per heavy atom. The monoisotopic (exact) mass is 425 g/mol. The molecule has 1 saturated heterocycles. The molecule has 2 atom stereocenters. The van der Waals surface area contributed by atoms with Gasteiger partial charge in [-0.3, -0.25) is 9.69 Å². The number of aryl methyl sites for hydroxylation is 1. The highest BCUT2D eigenvalue weighted by molar-refractivity contribution is 7.10. The molecule has 1 saturated carbocycles. The van der Waals surface area contributed by atoms with Crippen molar-refractivity contribution in [2.75, 3.05) is 25.0 Å². The molecule has 0 unspecified atom stereocenters. The summed E-state index contributed by atoms with van der Waals surface area (Å²) in [6, 6.07) is 3.90. The molecule has 0 spiro atoms. The van der Waals surface area contributed by atoms with Gasteiger partial charge in [0.25, 0.3) is 0 Å². The molecular weight excluding hydrogens is 405 g/mol. The Morgan fingerprint density at radius 2 is 2.17 bits per heavy atom. The molecule has 2 fully saturated rings. The van der Waals surface area contributed by atoms with E-state index < -0.39 is 11.5 Å². The first-order valence-corrected chi connectivity index (χ1v) is 10.6. The van der Waals surface area contributed by atoms with Crippen molar-refractivity contribution in [2.45, 2.75) is 31.2 Å². The van der Waals surface area contributed by atoms with E-state index in [2.05, 4.69) is 16.0 Å². The molecule has 4 heterocycles. The zero-order valence-corrected chi connectivity index (χ0v) is 17.4. The summed E-state index contributed by atoms with van der Waals surface area (Å²) in [5.41, 5.74) is 6.44. The topological polar surface area (TPSA) is 112 Å². The predicted octanol–water partition coefficient (Wildman–Crippen LogP) is 1.85. The molecule has 0 bridgehead atoms. The van der Waals surface area contributed by atoms with Gasteiger partial charge in [-0.1, -0.05) is 0 Å². The zero-order valence-electron chi connectivity index (χ0n) is 16.6. The van der Waals surface area contributed by atoms with Gasteiger partial charge >= 0.3 is 0 Å². The summed E-state index contributed by atoms with van der Waals surface area (Å²) in [5, 5.41) is 11.0. The molecule has 30 heavy (non-hydrogen) atoms. The van der Waals surface area contributed by atoms with Crippen molar-refractivity contribution in [1.82, 2.24) is 14.9 Å². The third-order valence-electron chi connectivity index (χ3n) is 6.13. The average Bonchev–Trinajstić information content (AvgIpc) is 3.31. The lowest BCUT2D eigenvalue weighted by molar-refractivity contribution is -0.132. The summed E-state index contributed by atoms with van der Waals surface area (Å²) in [4.78, 5) is 30.8. The molecular formula is C20H20FN7OS. The van der Waals surface area contributed by atoms with E-state index >= 15 is 0 Å². The molecule has 154 valence electrons. The van der Waals surface area contributed by atoms with Crippen molar-refractivity contribution in [3.63, 3.8) is 0 Å². The van der Waals surface area contributed by atoms with Gasteiger partial charge in [-0.15, -0.1) is 11.3 Å². The maximum atomic E-state index is 14.5. The molecule has 5 rings (SSSR count).